The molecule has 0 bridgehead atoms. The molecular weight excluding hydrogens is 496 g/mol. The maximum atomic E-state index is 11.1. The van der Waals surface area contributed by atoms with Crippen molar-refractivity contribution in [2.45, 2.75) is 37.6 Å². The van der Waals surface area contributed by atoms with Crippen LogP contribution in [0.4, 0.5) is 5.69 Å². The Kier molecular flexibility index (Phi) is 16.3. The predicted molar refractivity (Wildman–Crippen MR) is 152 cm³/mol. The Hall–Kier alpha value is -3.39. The number of amides is 1. The van der Waals surface area contributed by atoms with Crippen LogP contribution < -0.4 is 11.1 Å². The summed E-state index contributed by atoms with van der Waals surface area (Å²) in [6.45, 7) is 5.95. The average Bonchev–Trinajstić information content (AvgIpc) is 3.24. The van der Waals surface area contributed by atoms with Crippen molar-refractivity contribution in [1.82, 2.24) is 4.31 Å². The molecule has 0 spiro atoms. The quantitative estimate of drug-likeness (QED) is 0.112. The first kappa shape index (κ1) is 32.6. The summed E-state index contributed by atoms with van der Waals surface area (Å²) in [5.41, 5.74) is 6.83. The van der Waals surface area contributed by atoms with Crippen molar-refractivity contribution in [2.75, 3.05) is 18.4 Å². The number of nitrogens with zero attached hydrogens (tertiary/aromatic N) is 1. The van der Waals surface area contributed by atoms with Crippen LogP contribution in [0.5, 0.6) is 5.75 Å². The SMILES string of the molecule is C#C.C=S.CCC1CN(Sc2ccc(O)cc2)CC1Nc1cc(C)ccc1C(=N)CC(=O)O.NC=O. The van der Waals surface area contributed by atoms with Gasteiger partial charge in [-0.3, -0.25) is 9.59 Å². The molecule has 2 aromatic carbocycles. The lowest BCUT2D eigenvalue weighted by molar-refractivity contribution is -0.135. The molecule has 194 valence electrons. The highest BCUT2D eigenvalue weighted by Crippen LogP contribution is 2.33. The van der Waals surface area contributed by atoms with E-state index in [1.54, 1.807) is 24.1 Å². The van der Waals surface area contributed by atoms with Crippen LogP contribution in [0.3, 0.4) is 0 Å². The van der Waals surface area contributed by atoms with Gasteiger partial charge < -0.3 is 26.7 Å². The molecule has 2 atom stereocenters. The summed E-state index contributed by atoms with van der Waals surface area (Å²) in [5, 5.41) is 30.3. The van der Waals surface area contributed by atoms with E-state index in [4.69, 9.17) is 15.3 Å². The number of rotatable bonds is 8. The minimum Gasteiger partial charge on any atom is -0.508 e. The van der Waals surface area contributed by atoms with Crippen LogP contribution in [0.15, 0.2) is 47.4 Å². The number of nitrogens with one attached hydrogen (secondary N) is 2. The first-order valence-corrected chi connectivity index (χ1v) is 12.3. The predicted octanol–water partition coefficient (Wildman–Crippen LogP) is 4.34. The van der Waals surface area contributed by atoms with Gasteiger partial charge in [-0.2, -0.15) is 0 Å². The molecular formula is C26H34N4O4S2. The molecule has 0 aromatic heterocycles. The zero-order chi connectivity index (χ0) is 27.7. The van der Waals surface area contributed by atoms with Gasteiger partial charge in [-0.05, 0) is 66.6 Å². The molecule has 2 unspecified atom stereocenters. The smallest absolute Gasteiger partial charge is 0.309 e. The van der Waals surface area contributed by atoms with Gasteiger partial charge in [0, 0.05) is 35.3 Å². The molecule has 8 nitrogen and oxygen atoms in total. The number of phenols is 1. The molecule has 0 aliphatic carbocycles. The molecule has 1 heterocycles. The minimum absolute atomic E-state index is 0.112. The fourth-order valence-electron chi connectivity index (χ4n) is 3.63. The highest BCUT2D eigenvalue weighted by molar-refractivity contribution is 7.97. The van der Waals surface area contributed by atoms with Gasteiger partial charge in [-0.25, -0.2) is 4.31 Å². The number of carbonyl (C=O) groups is 2. The largest absolute Gasteiger partial charge is 0.508 e. The number of terminal acetylenes is 1. The minimum atomic E-state index is -0.995. The first-order valence-electron chi connectivity index (χ1n) is 10.9. The van der Waals surface area contributed by atoms with Crippen LogP contribution >= 0.6 is 24.2 Å². The van der Waals surface area contributed by atoms with E-state index in [0.717, 1.165) is 35.7 Å². The Bertz CT molecular complexity index is 999. The second-order valence-electron chi connectivity index (χ2n) is 7.59. The summed E-state index contributed by atoms with van der Waals surface area (Å²) < 4.78 is 2.32. The third kappa shape index (κ3) is 10.9. The van der Waals surface area contributed by atoms with Gasteiger partial charge >= 0.3 is 5.97 Å². The van der Waals surface area contributed by atoms with Crippen molar-refractivity contribution >= 4 is 53.8 Å². The number of benzene rings is 2. The van der Waals surface area contributed by atoms with E-state index in [0.29, 0.717) is 11.5 Å². The second kappa shape index (κ2) is 18.0. The number of aryl methyl sites for hydroxylation is 1. The highest BCUT2D eigenvalue weighted by atomic mass is 32.2. The lowest BCUT2D eigenvalue weighted by Gasteiger charge is -2.22. The summed E-state index contributed by atoms with van der Waals surface area (Å²) in [6, 6.07) is 13.2. The zero-order valence-electron chi connectivity index (χ0n) is 20.5. The maximum absolute atomic E-state index is 11.1. The molecule has 10 heteroatoms. The number of carboxylic acid groups (broad SMARTS) is 1. The molecule has 6 N–H and O–H groups in total. The number of thiocarbonyl (C=S) groups is 1. The zero-order valence-corrected chi connectivity index (χ0v) is 22.1. The number of aromatic hydroxyl groups is 1. The van der Waals surface area contributed by atoms with Crippen molar-refractivity contribution in [3.63, 3.8) is 0 Å². The number of aliphatic carboxylic acids is 1. The molecule has 3 rings (SSSR count). The number of nitrogens with two attached hydrogens (primary N) is 1. The third-order valence-electron chi connectivity index (χ3n) is 5.17. The van der Waals surface area contributed by atoms with Gasteiger partial charge in [0.1, 0.15) is 5.75 Å². The molecule has 36 heavy (non-hydrogen) atoms. The summed E-state index contributed by atoms with van der Waals surface area (Å²) in [4.78, 5) is 20.7. The summed E-state index contributed by atoms with van der Waals surface area (Å²) in [6.07, 6.45) is 8.99. The highest BCUT2D eigenvalue weighted by Gasteiger charge is 2.32. The van der Waals surface area contributed by atoms with E-state index in [2.05, 4.69) is 53.2 Å². The molecule has 1 saturated heterocycles. The van der Waals surface area contributed by atoms with E-state index in [1.807, 2.05) is 37.3 Å². The third-order valence-corrected chi connectivity index (χ3v) is 6.21. The van der Waals surface area contributed by atoms with Crippen LogP contribution in [0, 0.1) is 31.1 Å². The monoisotopic (exact) mass is 530 g/mol. The fraction of sp³-hybridized carbons (Fsp3) is 0.308. The van der Waals surface area contributed by atoms with Crippen LogP contribution in [-0.2, 0) is 9.59 Å². The van der Waals surface area contributed by atoms with Crippen molar-refractivity contribution < 1.29 is 19.8 Å². The summed E-state index contributed by atoms with van der Waals surface area (Å²) in [5.74, 6) is 2.55. The number of primary amides is 1. The van der Waals surface area contributed by atoms with Crippen LogP contribution in [-0.4, -0.2) is 57.6 Å². The molecule has 1 fully saturated rings. The van der Waals surface area contributed by atoms with Gasteiger partial charge in [-0.1, -0.05) is 37.7 Å². The Morgan fingerprint density at radius 1 is 1.28 bits per heavy atom. The molecule has 0 saturated carbocycles. The van der Waals surface area contributed by atoms with Crippen molar-refractivity contribution in [2.24, 2.45) is 11.7 Å². The fourth-order valence-corrected chi connectivity index (χ4v) is 4.68. The van der Waals surface area contributed by atoms with Crippen LogP contribution in [0.2, 0.25) is 0 Å². The van der Waals surface area contributed by atoms with E-state index in [-0.39, 0.29) is 30.3 Å². The Morgan fingerprint density at radius 3 is 2.39 bits per heavy atom. The molecule has 1 amide bonds. The Balaban J connectivity index is 0.00000159. The van der Waals surface area contributed by atoms with Gasteiger partial charge in [-0.15, -0.1) is 12.8 Å². The summed E-state index contributed by atoms with van der Waals surface area (Å²) in [7, 11) is 0. The van der Waals surface area contributed by atoms with E-state index < -0.39 is 5.97 Å². The van der Waals surface area contributed by atoms with Crippen LogP contribution in [0.1, 0.15) is 30.9 Å². The summed E-state index contributed by atoms with van der Waals surface area (Å²) >= 11 is 5.51. The van der Waals surface area contributed by atoms with Gasteiger partial charge in [0.25, 0.3) is 0 Å². The van der Waals surface area contributed by atoms with Gasteiger partial charge in [0.15, 0.2) is 0 Å². The van der Waals surface area contributed by atoms with Crippen molar-refractivity contribution in [3.8, 4) is 18.6 Å². The molecule has 0 radical (unpaired) electrons. The number of hydrogen-bond acceptors (Lipinski definition) is 8. The van der Waals surface area contributed by atoms with Crippen molar-refractivity contribution in [1.29, 1.82) is 5.41 Å². The second-order valence-corrected chi connectivity index (χ2v) is 8.76. The van der Waals surface area contributed by atoms with Gasteiger partial charge in [0.2, 0.25) is 6.41 Å². The van der Waals surface area contributed by atoms with E-state index in [9.17, 15) is 9.90 Å². The average molecular weight is 531 g/mol. The lowest BCUT2D eigenvalue weighted by atomic mass is 9.98. The number of anilines is 1. The van der Waals surface area contributed by atoms with E-state index in [1.165, 1.54) is 0 Å². The van der Waals surface area contributed by atoms with Crippen LogP contribution in [0.25, 0.3) is 0 Å². The molecule has 1 aliphatic rings. The lowest BCUT2D eigenvalue weighted by Crippen LogP contribution is -2.29. The molecule has 2 aromatic rings. The maximum Gasteiger partial charge on any atom is 0.309 e. The van der Waals surface area contributed by atoms with E-state index >= 15 is 0 Å². The Labute approximate surface area is 222 Å². The number of hydrogen-bond donors (Lipinski definition) is 5. The Morgan fingerprint density at radius 2 is 1.86 bits per heavy atom. The normalized spacial score (nSPS) is 16.0. The number of carbonyl (C=O) groups excluding carboxylic acids is 1. The topological polar surface area (TPSA) is 140 Å². The van der Waals surface area contributed by atoms with Gasteiger partial charge in [0.05, 0.1) is 12.1 Å². The number of carboxylic acids is 1. The first-order chi connectivity index (χ1) is 17.3. The van der Waals surface area contributed by atoms with Crippen molar-refractivity contribution in [3.05, 3.63) is 53.6 Å². The standard InChI is InChI=1S/C22H27N3O3S.C2H2.CH3NO.CH2S/c1-3-15-12-25(29-17-7-5-16(26)6-8-17)13-21(15)24-20-10-14(2)4-9-18(20)19(23)11-22(27)28;1-2;2-1-3;1-2/h4-10,15,21,23-24,26H,3,11-13H2,1-2H3,(H,27,28);1-2H;1H,(H2,2,3);1H2. The number of phenolic OH excluding ortho intramolecular Hbond substituents is 1. The molecule has 1 aliphatic heterocycles.